The van der Waals surface area contributed by atoms with Crippen LogP contribution in [0, 0.1) is 39.9 Å². The molecule has 0 saturated heterocycles. The van der Waals surface area contributed by atoms with Crippen molar-refractivity contribution in [3.8, 4) is 0 Å². The number of hydrogen-bond donors (Lipinski definition) is 2. The quantitative estimate of drug-likeness (QED) is 0.269. The number of carboxylic acids is 1. The molecule has 7 atom stereocenters. The van der Waals surface area contributed by atoms with E-state index < -0.39 is 5.97 Å². The van der Waals surface area contributed by atoms with Crippen LogP contribution in [0.4, 0.5) is 0 Å². The third-order valence-electron chi connectivity index (χ3n) is 11.9. The van der Waals surface area contributed by atoms with Gasteiger partial charge in [0.15, 0.2) is 5.78 Å². The number of aliphatic carboxylic acids is 1. The molecule has 0 radical (unpaired) electrons. The number of aliphatic hydroxyl groups is 1. The van der Waals surface area contributed by atoms with Crippen molar-refractivity contribution < 1.29 is 19.8 Å². The first-order chi connectivity index (χ1) is 17.1. The molecule has 0 aromatic rings. The third kappa shape index (κ3) is 5.22. The molecule has 0 amide bonds. The van der Waals surface area contributed by atoms with Gasteiger partial charge in [0.2, 0.25) is 0 Å². The summed E-state index contributed by atoms with van der Waals surface area (Å²) in [6.07, 6.45) is 20.7. The van der Waals surface area contributed by atoms with Crippen molar-refractivity contribution in [1.29, 1.82) is 0 Å². The fraction of sp³-hybridized carbons (Fsp3) is 0.875. The molecule has 3 fully saturated rings. The summed E-state index contributed by atoms with van der Waals surface area (Å²) in [7, 11) is 0. The van der Waals surface area contributed by atoms with Crippen molar-refractivity contribution in [3.05, 3.63) is 11.6 Å². The fourth-order valence-electron chi connectivity index (χ4n) is 9.57. The Kier molecular flexibility index (Phi) is 8.74. The Bertz CT molecular complexity index is 832. The van der Waals surface area contributed by atoms with E-state index >= 15 is 0 Å². The van der Waals surface area contributed by atoms with Gasteiger partial charge in [-0.15, -0.1) is 0 Å². The van der Waals surface area contributed by atoms with Crippen LogP contribution < -0.4 is 0 Å². The lowest BCUT2D eigenvalue weighted by Crippen LogP contribution is -2.55. The van der Waals surface area contributed by atoms with Gasteiger partial charge in [-0.05, 0) is 97.4 Å². The summed E-state index contributed by atoms with van der Waals surface area (Å²) in [4.78, 5) is 24.3. The van der Waals surface area contributed by atoms with Crippen molar-refractivity contribution in [2.45, 2.75) is 130 Å². The van der Waals surface area contributed by atoms with E-state index in [9.17, 15) is 14.7 Å². The number of hydrogen-bond acceptors (Lipinski definition) is 3. The molecule has 4 aliphatic carbocycles. The highest BCUT2D eigenvalue weighted by molar-refractivity contribution is 5.91. The maximum atomic E-state index is 12.4. The minimum absolute atomic E-state index is 0.103. The number of ketones is 1. The van der Waals surface area contributed by atoms with Gasteiger partial charge in [-0.3, -0.25) is 9.59 Å². The monoisotopic (exact) mass is 500 g/mol. The minimum atomic E-state index is -0.638. The smallest absolute Gasteiger partial charge is 0.303 e. The number of carbonyl (C=O) groups is 2. The van der Waals surface area contributed by atoms with E-state index in [1.165, 1.54) is 63.4 Å². The van der Waals surface area contributed by atoms with Crippen LogP contribution in [-0.2, 0) is 9.59 Å². The molecule has 3 saturated carbocycles. The molecule has 2 N–H and O–H groups in total. The maximum Gasteiger partial charge on any atom is 0.303 e. The van der Waals surface area contributed by atoms with Crippen LogP contribution in [0.25, 0.3) is 0 Å². The van der Waals surface area contributed by atoms with Gasteiger partial charge >= 0.3 is 5.97 Å². The van der Waals surface area contributed by atoms with Crippen molar-refractivity contribution in [1.82, 2.24) is 0 Å². The van der Waals surface area contributed by atoms with Gasteiger partial charge in [0.05, 0.1) is 6.42 Å². The summed E-state index contributed by atoms with van der Waals surface area (Å²) < 4.78 is 0. The fourth-order valence-corrected chi connectivity index (χ4v) is 9.57. The zero-order chi connectivity index (χ0) is 26.0. The lowest BCUT2D eigenvalue weighted by atomic mass is 9.43. The molecule has 4 rings (SSSR count). The molecule has 0 aromatic heterocycles. The lowest BCUT2D eigenvalue weighted by molar-refractivity contribution is -0.145. The van der Waals surface area contributed by atoms with Crippen molar-refractivity contribution in [2.75, 3.05) is 6.61 Å². The van der Waals surface area contributed by atoms with Crippen LogP contribution in [0.15, 0.2) is 11.6 Å². The normalized spacial score (nSPS) is 39.8. The van der Waals surface area contributed by atoms with Gasteiger partial charge < -0.3 is 10.2 Å². The van der Waals surface area contributed by atoms with Crippen molar-refractivity contribution >= 4 is 11.8 Å². The molecule has 4 aliphatic rings. The Morgan fingerprint density at radius 2 is 1.56 bits per heavy atom. The average Bonchev–Trinajstić information content (AvgIpc) is 3.08. The van der Waals surface area contributed by atoms with E-state index in [4.69, 9.17) is 5.11 Å². The van der Waals surface area contributed by atoms with E-state index in [0.717, 1.165) is 38.5 Å². The molecule has 4 heteroatoms. The SMILES string of the molecule is C[C@]1(CC(=O)O)CC[C@H]2[C@@H]3[C@H](CCCCCCCCCCO)CC4=CC(=O)CC[C@]4(C)[C@H]3CC[C@@]21C. The molecule has 0 unspecified atom stereocenters. The maximum absolute atomic E-state index is 12.4. The Morgan fingerprint density at radius 3 is 2.22 bits per heavy atom. The topological polar surface area (TPSA) is 74.6 Å². The molecule has 0 spiro atoms. The molecule has 0 heterocycles. The number of carbonyl (C=O) groups excluding carboxylic acids is 1. The standard InChI is InChI=1S/C32H52O4/c1-30(22-28(35)36)16-14-27-29-23(12-10-8-6-4-5-7-9-11-19-33)20-24-21-25(34)13-17-31(24,2)26(29)15-18-32(27,30)3/h21,23,26-27,29,33H,4-20,22H2,1-3H3,(H,35,36)/t23-,26+,27+,29-,30-,31+,32+/m1/s1. The third-order valence-corrected chi connectivity index (χ3v) is 11.9. The second kappa shape index (κ2) is 11.3. The highest BCUT2D eigenvalue weighted by Gasteiger charge is 2.64. The minimum Gasteiger partial charge on any atom is -0.481 e. The summed E-state index contributed by atoms with van der Waals surface area (Å²) in [6.45, 7) is 7.49. The Hall–Kier alpha value is -1.16. The van der Waals surface area contributed by atoms with Crippen LogP contribution in [0.3, 0.4) is 0 Å². The second-order valence-electron chi connectivity index (χ2n) is 13.8. The lowest BCUT2D eigenvalue weighted by Gasteiger charge is -2.62. The largest absolute Gasteiger partial charge is 0.481 e. The Labute approximate surface area is 219 Å². The number of unbranched alkanes of at least 4 members (excludes halogenated alkanes) is 7. The van der Waals surface area contributed by atoms with Crippen molar-refractivity contribution in [3.63, 3.8) is 0 Å². The zero-order valence-electron chi connectivity index (χ0n) is 23.3. The first kappa shape index (κ1) is 27.9. The Morgan fingerprint density at radius 1 is 0.917 bits per heavy atom. The van der Waals surface area contributed by atoms with Gasteiger partial charge in [-0.1, -0.05) is 71.3 Å². The molecule has 4 nitrogen and oxygen atoms in total. The average molecular weight is 501 g/mol. The van der Waals surface area contributed by atoms with Gasteiger partial charge in [0.25, 0.3) is 0 Å². The van der Waals surface area contributed by atoms with E-state index in [-0.39, 0.29) is 16.2 Å². The van der Waals surface area contributed by atoms with Crippen LogP contribution in [0.1, 0.15) is 130 Å². The van der Waals surface area contributed by atoms with E-state index in [1.54, 1.807) is 0 Å². The molecule has 36 heavy (non-hydrogen) atoms. The molecule has 204 valence electrons. The van der Waals surface area contributed by atoms with E-state index in [2.05, 4.69) is 20.8 Å². The van der Waals surface area contributed by atoms with E-state index in [0.29, 0.717) is 48.9 Å². The van der Waals surface area contributed by atoms with Crippen molar-refractivity contribution in [2.24, 2.45) is 39.9 Å². The number of fused-ring (bicyclic) bond motifs is 5. The van der Waals surface area contributed by atoms with Gasteiger partial charge in [0, 0.05) is 13.0 Å². The number of carboxylic acid groups (broad SMARTS) is 1. The number of allylic oxidation sites excluding steroid dienone is 1. The molecule has 0 aliphatic heterocycles. The molecular formula is C32H52O4. The highest BCUT2D eigenvalue weighted by Crippen LogP contribution is 2.71. The highest BCUT2D eigenvalue weighted by atomic mass is 16.4. The second-order valence-corrected chi connectivity index (χ2v) is 13.8. The molecule has 0 bridgehead atoms. The molecular weight excluding hydrogens is 448 g/mol. The predicted molar refractivity (Wildman–Crippen MR) is 145 cm³/mol. The summed E-state index contributed by atoms with van der Waals surface area (Å²) in [5.41, 5.74) is 1.62. The van der Waals surface area contributed by atoms with Gasteiger partial charge in [-0.25, -0.2) is 0 Å². The number of rotatable bonds is 12. The first-order valence-electron chi connectivity index (χ1n) is 15.2. The Balaban J connectivity index is 1.47. The van der Waals surface area contributed by atoms with Crippen LogP contribution >= 0.6 is 0 Å². The van der Waals surface area contributed by atoms with Crippen LogP contribution in [-0.4, -0.2) is 28.6 Å². The summed E-state index contributed by atoms with van der Waals surface area (Å²) in [6, 6.07) is 0. The van der Waals surface area contributed by atoms with Crippen LogP contribution in [0.2, 0.25) is 0 Å². The molecule has 0 aromatic carbocycles. The van der Waals surface area contributed by atoms with Gasteiger partial charge in [-0.2, -0.15) is 0 Å². The summed E-state index contributed by atoms with van der Waals surface area (Å²) in [5.74, 6) is 2.27. The zero-order valence-corrected chi connectivity index (χ0v) is 23.3. The first-order valence-corrected chi connectivity index (χ1v) is 15.2. The summed E-state index contributed by atoms with van der Waals surface area (Å²) in [5, 5.41) is 18.7. The van der Waals surface area contributed by atoms with Crippen LogP contribution in [0.5, 0.6) is 0 Å². The predicted octanol–water partition coefficient (Wildman–Crippen LogP) is 7.73. The van der Waals surface area contributed by atoms with Gasteiger partial charge in [0.1, 0.15) is 0 Å². The summed E-state index contributed by atoms with van der Waals surface area (Å²) >= 11 is 0. The number of aliphatic hydroxyl groups excluding tert-OH is 1. The van der Waals surface area contributed by atoms with E-state index in [1.807, 2.05) is 6.08 Å².